The SMILES string of the molecule is COc1cccc([C@@H]2C(C(=O)c3cc4cccc(OC)c4o3)=C(O)C(=O)N2CCN2CCOCC2)c1. The number of aliphatic hydroxyl groups excluding tert-OH is 1. The second-order valence-electron chi connectivity index (χ2n) is 8.71. The number of amides is 1. The van der Waals surface area contributed by atoms with Crippen LogP contribution >= 0.6 is 0 Å². The summed E-state index contributed by atoms with van der Waals surface area (Å²) in [6.45, 7) is 3.71. The molecule has 1 aromatic heterocycles. The van der Waals surface area contributed by atoms with Gasteiger partial charge in [-0.15, -0.1) is 0 Å². The average molecular weight is 493 g/mol. The minimum absolute atomic E-state index is 0.0201. The van der Waals surface area contributed by atoms with E-state index in [1.807, 2.05) is 6.07 Å². The number of fused-ring (bicyclic) bond motifs is 1. The number of carbonyl (C=O) groups is 2. The second kappa shape index (κ2) is 10.0. The highest BCUT2D eigenvalue weighted by Crippen LogP contribution is 2.41. The molecule has 36 heavy (non-hydrogen) atoms. The Morgan fingerprint density at radius 3 is 2.58 bits per heavy atom. The number of methoxy groups -OCH3 is 2. The van der Waals surface area contributed by atoms with Gasteiger partial charge in [0.25, 0.3) is 5.91 Å². The van der Waals surface area contributed by atoms with Crippen LogP contribution in [0.25, 0.3) is 11.0 Å². The number of carbonyl (C=O) groups excluding carboxylic acids is 2. The van der Waals surface area contributed by atoms with Gasteiger partial charge in [0.15, 0.2) is 22.9 Å². The van der Waals surface area contributed by atoms with Gasteiger partial charge in [-0.05, 0) is 29.8 Å². The molecule has 0 radical (unpaired) electrons. The number of rotatable bonds is 8. The molecular formula is C27H28N2O7. The van der Waals surface area contributed by atoms with Crippen LogP contribution in [0.1, 0.15) is 22.2 Å². The van der Waals surface area contributed by atoms with Gasteiger partial charge in [-0.1, -0.05) is 24.3 Å². The standard InChI is InChI=1S/C27H28N2O7/c1-33-19-7-3-5-17(15-19)23-22(24(30)21-16-18-6-4-8-20(34-2)26(18)36-21)25(31)27(32)29(23)10-9-28-11-13-35-14-12-28/h3-8,15-16,23,31H,9-14H2,1-2H3/t23-/m1/s1. The van der Waals surface area contributed by atoms with E-state index in [4.69, 9.17) is 18.6 Å². The van der Waals surface area contributed by atoms with Crippen LogP contribution in [-0.2, 0) is 9.53 Å². The molecule has 3 heterocycles. The summed E-state index contributed by atoms with van der Waals surface area (Å²) < 4.78 is 22.0. The fourth-order valence-electron chi connectivity index (χ4n) is 4.79. The Balaban J connectivity index is 1.53. The third-order valence-electron chi connectivity index (χ3n) is 6.67. The molecule has 0 saturated carbocycles. The molecule has 3 aromatic rings. The number of aliphatic hydroxyl groups is 1. The van der Waals surface area contributed by atoms with Crippen molar-refractivity contribution in [2.75, 3.05) is 53.6 Å². The number of morpholine rings is 1. The summed E-state index contributed by atoms with van der Waals surface area (Å²) in [4.78, 5) is 30.8. The predicted molar refractivity (Wildman–Crippen MR) is 131 cm³/mol. The van der Waals surface area contributed by atoms with Crippen LogP contribution in [0.3, 0.4) is 0 Å². The number of ketones is 1. The molecule has 188 valence electrons. The summed E-state index contributed by atoms with van der Waals surface area (Å²) in [6, 6.07) is 13.3. The van der Waals surface area contributed by atoms with Crippen LogP contribution in [0, 0.1) is 0 Å². The summed E-state index contributed by atoms with van der Waals surface area (Å²) in [5.74, 6) is -0.619. The van der Waals surface area contributed by atoms with E-state index in [2.05, 4.69) is 4.90 Å². The average Bonchev–Trinajstić information content (AvgIpc) is 3.47. The molecule has 2 aromatic carbocycles. The molecule has 0 unspecified atom stereocenters. The highest BCUT2D eigenvalue weighted by molar-refractivity contribution is 6.16. The third kappa shape index (κ3) is 4.31. The van der Waals surface area contributed by atoms with Crippen molar-refractivity contribution in [3.63, 3.8) is 0 Å². The summed E-state index contributed by atoms with van der Waals surface area (Å²) in [5, 5.41) is 11.7. The molecule has 0 bridgehead atoms. The zero-order chi connectivity index (χ0) is 25.2. The van der Waals surface area contributed by atoms with Crippen LogP contribution in [0.2, 0.25) is 0 Å². The van der Waals surface area contributed by atoms with Crippen molar-refractivity contribution in [1.82, 2.24) is 9.80 Å². The molecule has 1 saturated heterocycles. The number of para-hydroxylation sites is 1. The fourth-order valence-corrected chi connectivity index (χ4v) is 4.79. The number of hydrogen-bond donors (Lipinski definition) is 1. The molecule has 2 aliphatic rings. The summed E-state index contributed by atoms with van der Waals surface area (Å²) in [7, 11) is 3.07. The quantitative estimate of drug-likeness (QED) is 0.478. The maximum absolute atomic E-state index is 13.8. The lowest BCUT2D eigenvalue weighted by Gasteiger charge is -2.31. The Hall–Kier alpha value is -3.82. The largest absolute Gasteiger partial charge is 0.503 e. The monoisotopic (exact) mass is 492 g/mol. The first-order valence-corrected chi connectivity index (χ1v) is 11.8. The van der Waals surface area contributed by atoms with Gasteiger partial charge in [-0.2, -0.15) is 0 Å². The topological polar surface area (TPSA) is 102 Å². The van der Waals surface area contributed by atoms with Crippen molar-refractivity contribution < 1.29 is 33.3 Å². The first-order chi connectivity index (χ1) is 17.5. The molecule has 2 aliphatic heterocycles. The van der Waals surface area contributed by atoms with Gasteiger partial charge in [0.2, 0.25) is 5.78 Å². The van der Waals surface area contributed by atoms with Crippen molar-refractivity contribution in [2.45, 2.75) is 6.04 Å². The summed E-state index contributed by atoms with van der Waals surface area (Å²) >= 11 is 0. The Morgan fingerprint density at radius 2 is 1.83 bits per heavy atom. The highest BCUT2D eigenvalue weighted by atomic mass is 16.5. The molecule has 1 N–H and O–H groups in total. The van der Waals surface area contributed by atoms with E-state index in [0.29, 0.717) is 54.3 Å². The number of furan rings is 1. The fraction of sp³-hybridized carbons (Fsp3) is 0.333. The van der Waals surface area contributed by atoms with E-state index in [0.717, 1.165) is 13.1 Å². The third-order valence-corrected chi connectivity index (χ3v) is 6.67. The van der Waals surface area contributed by atoms with Crippen LogP contribution < -0.4 is 9.47 Å². The Labute approximate surface area is 208 Å². The van der Waals surface area contributed by atoms with E-state index in [9.17, 15) is 14.7 Å². The van der Waals surface area contributed by atoms with Gasteiger partial charge in [0.1, 0.15) is 5.75 Å². The molecule has 1 fully saturated rings. The Bertz CT molecular complexity index is 1320. The Kier molecular flexibility index (Phi) is 6.67. The number of ether oxygens (including phenoxy) is 3. The normalized spacial score (nSPS) is 18.8. The molecule has 9 heteroatoms. The van der Waals surface area contributed by atoms with E-state index in [1.54, 1.807) is 49.6 Å². The number of nitrogens with zero attached hydrogens (tertiary/aromatic N) is 2. The van der Waals surface area contributed by atoms with Crippen molar-refractivity contribution >= 4 is 22.7 Å². The second-order valence-corrected chi connectivity index (χ2v) is 8.71. The first-order valence-electron chi connectivity index (χ1n) is 11.8. The van der Waals surface area contributed by atoms with Gasteiger partial charge in [-0.3, -0.25) is 14.5 Å². The predicted octanol–water partition coefficient (Wildman–Crippen LogP) is 3.36. The Morgan fingerprint density at radius 1 is 1.06 bits per heavy atom. The van der Waals surface area contributed by atoms with Gasteiger partial charge in [0, 0.05) is 31.6 Å². The molecule has 1 amide bonds. The van der Waals surface area contributed by atoms with Crippen LogP contribution in [-0.4, -0.2) is 80.2 Å². The van der Waals surface area contributed by atoms with Crippen LogP contribution in [0.5, 0.6) is 11.5 Å². The van der Waals surface area contributed by atoms with E-state index >= 15 is 0 Å². The lowest BCUT2D eigenvalue weighted by molar-refractivity contribution is -0.129. The van der Waals surface area contributed by atoms with Gasteiger partial charge in [-0.25, -0.2) is 0 Å². The van der Waals surface area contributed by atoms with Gasteiger partial charge >= 0.3 is 0 Å². The lowest BCUT2D eigenvalue weighted by Crippen LogP contribution is -2.43. The smallest absolute Gasteiger partial charge is 0.290 e. The van der Waals surface area contributed by atoms with Crippen LogP contribution in [0.15, 0.2) is 64.3 Å². The molecule has 9 nitrogen and oxygen atoms in total. The highest BCUT2D eigenvalue weighted by Gasteiger charge is 2.44. The summed E-state index contributed by atoms with van der Waals surface area (Å²) in [6.07, 6.45) is 0. The maximum atomic E-state index is 13.8. The van der Waals surface area contributed by atoms with Gasteiger partial charge in [0.05, 0.1) is 39.0 Å². The first kappa shape index (κ1) is 23.9. The molecule has 1 atom stereocenters. The number of hydrogen-bond acceptors (Lipinski definition) is 8. The number of benzene rings is 2. The molecule has 5 rings (SSSR count). The minimum Gasteiger partial charge on any atom is -0.503 e. The van der Waals surface area contributed by atoms with E-state index in [-0.39, 0.29) is 11.3 Å². The van der Waals surface area contributed by atoms with Crippen molar-refractivity contribution in [2.24, 2.45) is 0 Å². The maximum Gasteiger partial charge on any atom is 0.290 e. The molecule has 0 spiro atoms. The molecule has 0 aliphatic carbocycles. The van der Waals surface area contributed by atoms with E-state index in [1.165, 1.54) is 12.0 Å². The lowest BCUT2D eigenvalue weighted by atomic mass is 9.95. The van der Waals surface area contributed by atoms with Crippen molar-refractivity contribution in [3.8, 4) is 11.5 Å². The van der Waals surface area contributed by atoms with Gasteiger partial charge < -0.3 is 28.6 Å². The number of Topliss-reactive ketones (excluding diaryl/α,β-unsaturated/α-hetero) is 1. The summed E-state index contributed by atoms with van der Waals surface area (Å²) in [5.41, 5.74) is 1.06. The van der Waals surface area contributed by atoms with Crippen molar-refractivity contribution in [3.05, 3.63) is 71.2 Å². The zero-order valence-electron chi connectivity index (χ0n) is 20.2. The molecular weight excluding hydrogens is 464 g/mol. The minimum atomic E-state index is -0.795. The van der Waals surface area contributed by atoms with Crippen molar-refractivity contribution in [1.29, 1.82) is 0 Å². The van der Waals surface area contributed by atoms with Crippen LogP contribution in [0.4, 0.5) is 0 Å². The van der Waals surface area contributed by atoms with E-state index < -0.39 is 23.5 Å². The zero-order valence-corrected chi connectivity index (χ0v) is 20.2.